The van der Waals surface area contributed by atoms with Crippen molar-refractivity contribution in [2.24, 2.45) is 11.8 Å². The first-order valence-corrected chi connectivity index (χ1v) is 8.98. The van der Waals surface area contributed by atoms with Gasteiger partial charge in [-0.05, 0) is 43.0 Å². The lowest BCUT2D eigenvalue weighted by Crippen LogP contribution is -2.28. The van der Waals surface area contributed by atoms with Crippen LogP contribution in [-0.4, -0.2) is 41.0 Å². The molecule has 116 valence electrons. The van der Waals surface area contributed by atoms with Gasteiger partial charge in [0.05, 0.1) is 5.69 Å². The van der Waals surface area contributed by atoms with Crippen molar-refractivity contribution in [3.05, 3.63) is 52.0 Å². The van der Waals surface area contributed by atoms with Gasteiger partial charge < -0.3 is 0 Å². The van der Waals surface area contributed by atoms with Gasteiger partial charge >= 0.3 is 0 Å². The maximum atomic E-state index is 4.46. The Bertz CT molecular complexity index is 610. The molecule has 0 radical (unpaired) electrons. The minimum atomic E-state index is 0.852. The van der Waals surface area contributed by atoms with Crippen LogP contribution in [0.5, 0.6) is 0 Å². The second-order valence-corrected chi connectivity index (χ2v) is 8.11. The van der Waals surface area contributed by atoms with Crippen molar-refractivity contribution in [1.29, 1.82) is 0 Å². The monoisotopic (exact) mass is 313 g/mol. The van der Waals surface area contributed by atoms with Crippen molar-refractivity contribution in [2.45, 2.75) is 20.0 Å². The standard InChI is InChI=1S/C18H23N3S/c1-14-5-6-18(22-14)13-21-10-15-8-20(9-16(15)11-21)12-17-4-2-3-7-19-17/h2-7,15-16H,8-13H2,1H3/t15-,16-/m0/s1. The van der Waals surface area contributed by atoms with Crippen LogP contribution in [0.2, 0.25) is 0 Å². The van der Waals surface area contributed by atoms with Crippen molar-refractivity contribution >= 4 is 11.3 Å². The molecule has 0 bridgehead atoms. The molecule has 2 fully saturated rings. The van der Waals surface area contributed by atoms with E-state index in [4.69, 9.17) is 0 Å². The number of hydrogen-bond donors (Lipinski definition) is 0. The third kappa shape index (κ3) is 3.09. The lowest BCUT2D eigenvalue weighted by atomic mass is 10.0. The van der Waals surface area contributed by atoms with Gasteiger partial charge in [-0.15, -0.1) is 11.3 Å². The summed E-state index contributed by atoms with van der Waals surface area (Å²) in [6.45, 7) is 9.36. The Hall–Kier alpha value is -1.23. The van der Waals surface area contributed by atoms with Gasteiger partial charge in [0, 0.05) is 55.2 Å². The van der Waals surface area contributed by atoms with Gasteiger partial charge in [-0.2, -0.15) is 0 Å². The normalized spacial score (nSPS) is 25.7. The summed E-state index contributed by atoms with van der Waals surface area (Å²) in [6.07, 6.45) is 1.90. The molecule has 4 rings (SSSR count). The summed E-state index contributed by atoms with van der Waals surface area (Å²) in [6, 6.07) is 10.8. The van der Waals surface area contributed by atoms with Gasteiger partial charge in [0.1, 0.15) is 0 Å². The molecule has 0 unspecified atom stereocenters. The van der Waals surface area contributed by atoms with Crippen LogP contribution in [0.4, 0.5) is 0 Å². The van der Waals surface area contributed by atoms with Crippen LogP contribution in [-0.2, 0) is 13.1 Å². The second-order valence-electron chi connectivity index (χ2n) is 6.74. The average molecular weight is 313 g/mol. The first-order valence-electron chi connectivity index (χ1n) is 8.16. The van der Waals surface area contributed by atoms with E-state index < -0.39 is 0 Å². The maximum absolute atomic E-state index is 4.46. The molecule has 0 N–H and O–H groups in total. The van der Waals surface area contributed by atoms with Crippen LogP contribution < -0.4 is 0 Å². The number of likely N-dealkylation sites (tertiary alicyclic amines) is 2. The fourth-order valence-electron chi connectivity index (χ4n) is 3.96. The van der Waals surface area contributed by atoms with E-state index in [1.807, 2.05) is 23.6 Å². The van der Waals surface area contributed by atoms with E-state index in [9.17, 15) is 0 Å². The fraction of sp³-hybridized carbons (Fsp3) is 0.500. The average Bonchev–Trinajstić information content (AvgIpc) is 3.16. The molecule has 4 heterocycles. The van der Waals surface area contributed by atoms with E-state index in [1.54, 1.807) is 0 Å². The Kier molecular flexibility index (Phi) is 3.99. The van der Waals surface area contributed by atoms with Crippen molar-refractivity contribution < 1.29 is 0 Å². The van der Waals surface area contributed by atoms with E-state index in [2.05, 4.69) is 46.0 Å². The second kappa shape index (κ2) is 6.11. The molecule has 0 aliphatic carbocycles. The Balaban J connectivity index is 1.31. The van der Waals surface area contributed by atoms with Crippen molar-refractivity contribution in [2.75, 3.05) is 26.2 Å². The van der Waals surface area contributed by atoms with E-state index in [0.29, 0.717) is 0 Å². The topological polar surface area (TPSA) is 19.4 Å². The first kappa shape index (κ1) is 14.4. The maximum Gasteiger partial charge on any atom is 0.0543 e. The first-order chi connectivity index (χ1) is 10.8. The summed E-state index contributed by atoms with van der Waals surface area (Å²) in [5.41, 5.74) is 1.20. The van der Waals surface area contributed by atoms with Gasteiger partial charge in [-0.1, -0.05) is 6.07 Å². The van der Waals surface area contributed by atoms with Crippen LogP contribution in [0.25, 0.3) is 0 Å². The molecule has 4 heteroatoms. The van der Waals surface area contributed by atoms with E-state index in [1.165, 1.54) is 41.6 Å². The molecule has 0 amide bonds. The molecule has 2 aromatic rings. The summed E-state index contributed by atoms with van der Waals surface area (Å²) >= 11 is 1.94. The van der Waals surface area contributed by atoms with Crippen LogP contribution in [0.1, 0.15) is 15.4 Å². The quantitative estimate of drug-likeness (QED) is 0.865. The third-order valence-electron chi connectivity index (χ3n) is 4.92. The molecule has 2 atom stereocenters. The lowest BCUT2D eigenvalue weighted by molar-refractivity contribution is 0.246. The highest BCUT2D eigenvalue weighted by molar-refractivity contribution is 7.11. The van der Waals surface area contributed by atoms with Crippen LogP contribution >= 0.6 is 11.3 Å². The number of hydrogen-bond acceptors (Lipinski definition) is 4. The van der Waals surface area contributed by atoms with Gasteiger partial charge in [-0.3, -0.25) is 14.8 Å². The zero-order valence-electron chi connectivity index (χ0n) is 13.1. The SMILES string of the molecule is Cc1ccc(CN2C[C@@H]3CN(Cc4ccccn4)C[C@H]3C2)s1. The van der Waals surface area contributed by atoms with Crippen LogP contribution in [0.3, 0.4) is 0 Å². The number of pyridine rings is 1. The van der Waals surface area contributed by atoms with Gasteiger partial charge in [0.2, 0.25) is 0 Å². The van der Waals surface area contributed by atoms with Crippen molar-refractivity contribution in [1.82, 2.24) is 14.8 Å². The number of rotatable bonds is 4. The van der Waals surface area contributed by atoms with Crippen LogP contribution in [0, 0.1) is 18.8 Å². The Morgan fingerprint density at radius 2 is 1.73 bits per heavy atom. The minimum absolute atomic E-state index is 0.852. The van der Waals surface area contributed by atoms with E-state index >= 15 is 0 Å². The number of fused-ring (bicyclic) bond motifs is 1. The molecule has 22 heavy (non-hydrogen) atoms. The molecule has 0 spiro atoms. The Morgan fingerprint density at radius 1 is 1.00 bits per heavy atom. The van der Waals surface area contributed by atoms with E-state index in [-0.39, 0.29) is 0 Å². The molecule has 3 nitrogen and oxygen atoms in total. The summed E-state index contributed by atoms with van der Waals surface area (Å²) in [5, 5.41) is 0. The highest BCUT2D eigenvalue weighted by atomic mass is 32.1. The van der Waals surface area contributed by atoms with Gasteiger partial charge in [0.15, 0.2) is 0 Å². The summed E-state index contributed by atoms with van der Waals surface area (Å²) in [4.78, 5) is 12.6. The smallest absolute Gasteiger partial charge is 0.0543 e. The van der Waals surface area contributed by atoms with Crippen molar-refractivity contribution in [3.63, 3.8) is 0 Å². The number of thiophene rings is 1. The molecular formula is C18H23N3S. The molecule has 2 aliphatic rings. The number of aryl methyl sites for hydroxylation is 1. The summed E-state index contributed by atoms with van der Waals surface area (Å²) in [5.74, 6) is 1.70. The Labute approximate surface area is 136 Å². The Morgan fingerprint density at radius 3 is 2.32 bits per heavy atom. The predicted molar refractivity (Wildman–Crippen MR) is 90.8 cm³/mol. The summed E-state index contributed by atoms with van der Waals surface area (Å²) < 4.78 is 0. The minimum Gasteiger partial charge on any atom is -0.298 e. The highest BCUT2D eigenvalue weighted by Crippen LogP contribution is 2.33. The molecule has 0 saturated carbocycles. The summed E-state index contributed by atoms with van der Waals surface area (Å²) in [7, 11) is 0. The lowest BCUT2D eigenvalue weighted by Gasteiger charge is -2.20. The molecule has 2 saturated heterocycles. The van der Waals surface area contributed by atoms with Crippen molar-refractivity contribution in [3.8, 4) is 0 Å². The molecule has 0 aromatic carbocycles. The predicted octanol–water partition coefficient (Wildman–Crippen LogP) is 3.02. The molecule has 2 aliphatic heterocycles. The van der Waals surface area contributed by atoms with Gasteiger partial charge in [0.25, 0.3) is 0 Å². The fourth-order valence-corrected chi connectivity index (χ4v) is 4.89. The largest absolute Gasteiger partial charge is 0.298 e. The highest BCUT2D eigenvalue weighted by Gasteiger charge is 2.39. The van der Waals surface area contributed by atoms with E-state index in [0.717, 1.165) is 24.9 Å². The van der Waals surface area contributed by atoms with Gasteiger partial charge in [-0.25, -0.2) is 0 Å². The third-order valence-corrected chi connectivity index (χ3v) is 5.91. The number of aromatic nitrogens is 1. The van der Waals surface area contributed by atoms with Crippen LogP contribution in [0.15, 0.2) is 36.5 Å². The zero-order chi connectivity index (χ0) is 14.9. The molecular weight excluding hydrogens is 290 g/mol. The molecule has 2 aromatic heterocycles. The zero-order valence-corrected chi connectivity index (χ0v) is 13.9. The number of nitrogens with zero attached hydrogens (tertiary/aromatic N) is 3.